The maximum Gasteiger partial charge on any atom is 0.418 e. The lowest BCUT2D eigenvalue weighted by atomic mass is 9.98. The SMILES string of the molecule is CCc1cc(N(Cc2ccc(-c3ccccc3-c3nn[nH]n3)cc2)C(=O)N(C)c2ccccc2C(F)(F)F)ccn1. The van der Waals surface area contributed by atoms with Gasteiger partial charge in [0.1, 0.15) is 0 Å². The summed E-state index contributed by atoms with van der Waals surface area (Å²) < 4.78 is 41.3. The van der Waals surface area contributed by atoms with Gasteiger partial charge in [0.05, 0.1) is 17.8 Å². The molecule has 2 amide bonds. The fourth-order valence-electron chi connectivity index (χ4n) is 4.56. The number of aromatic nitrogens is 5. The number of anilines is 2. The number of hydrogen-bond donors (Lipinski definition) is 1. The molecular weight excluding hydrogens is 531 g/mol. The quantitative estimate of drug-likeness (QED) is 0.238. The third-order valence-corrected chi connectivity index (χ3v) is 6.68. The molecule has 0 saturated carbocycles. The normalized spacial score (nSPS) is 11.3. The second kappa shape index (κ2) is 11.6. The molecule has 2 aromatic heterocycles. The third kappa shape index (κ3) is 5.93. The number of H-pyrrole nitrogens is 1. The van der Waals surface area contributed by atoms with Gasteiger partial charge in [-0.25, -0.2) is 4.79 Å². The first-order valence-electron chi connectivity index (χ1n) is 12.8. The van der Waals surface area contributed by atoms with E-state index in [-0.39, 0.29) is 12.2 Å². The molecule has 208 valence electrons. The van der Waals surface area contributed by atoms with Crippen molar-refractivity contribution in [3.8, 4) is 22.5 Å². The molecule has 0 aliphatic carbocycles. The Labute approximate surface area is 234 Å². The first-order chi connectivity index (χ1) is 19.8. The van der Waals surface area contributed by atoms with Crippen molar-refractivity contribution in [3.63, 3.8) is 0 Å². The molecule has 3 aromatic carbocycles. The molecule has 0 spiro atoms. The average molecular weight is 558 g/mol. The molecule has 0 saturated heterocycles. The van der Waals surface area contributed by atoms with Crippen molar-refractivity contribution in [2.75, 3.05) is 16.8 Å². The number of aryl methyl sites for hydroxylation is 1. The summed E-state index contributed by atoms with van der Waals surface area (Å²) in [5.74, 6) is 0.466. The first-order valence-corrected chi connectivity index (χ1v) is 12.8. The van der Waals surface area contributed by atoms with Gasteiger partial charge in [-0.3, -0.25) is 14.8 Å². The summed E-state index contributed by atoms with van der Waals surface area (Å²) in [5.41, 5.74) is 3.57. The van der Waals surface area contributed by atoms with E-state index >= 15 is 0 Å². The van der Waals surface area contributed by atoms with Crippen molar-refractivity contribution in [2.45, 2.75) is 26.1 Å². The molecule has 0 atom stereocenters. The van der Waals surface area contributed by atoms with Gasteiger partial charge in [0.2, 0.25) is 5.82 Å². The van der Waals surface area contributed by atoms with Crippen LogP contribution in [0.4, 0.5) is 29.3 Å². The highest BCUT2D eigenvalue weighted by molar-refractivity contribution is 6.03. The molecule has 0 radical (unpaired) electrons. The molecule has 0 aliphatic rings. The van der Waals surface area contributed by atoms with Crippen LogP contribution in [0.3, 0.4) is 0 Å². The van der Waals surface area contributed by atoms with Crippen LogP contribution in [-0.2, 0) is 19.1 Å². The van der Waals surface area contributed by atoms with Crippen molar-refractivity contribution in [1.82, 2.24) is 25.6 Å². The van der Waals surface area contributed by atoms with Crippen LogP contribution in [0.2, 0.25) is 0 Å². The Bertz CT molecular complexity index is 1640. The Hall–Kier alpha value is -5.06. The van der Waals surface area contributed by atoms with Gasteiger partial charge in [-0.1, -0.05) is 67.6 Å². The van der Waals surface area contributed by atoms with Gasteiger partial charge in [-0.15, -0.1) is 10.2 Å². The van der Waals surface area contributed by atoms with E-state index in [4.69, 9.17) is 0 Å². The Morgan fingerprint density at radius 3 is 2.32 bits per heavy atom. The number of benzene rings is 3. The van der Waals surface area contributed by atoms with E-state index in [9.17, 15) is 18.0 Å². The number of aromatic amines is 1. The van der Waals surface area contributed by atoms with E-state index < -0.39 is 17.8 Å². The maximum absolute atomic E-state index is 13.8. The van der Waals surface area contributed by atoms with E-state index in [2.05, 4.69) is 25.6 Å². The van der Waals surface area contributed by atoms with Gasteiger partial charge >= 0.3 is 12.2 Å². The van der Waals surface area contributed by atoms with E-state index in [1.807, 2.05) is 55.5 Å². The van der Waals surface area contributed by atoms with Crippen molar-refractivity contribution in [3.05, 3.63) is 108 Å². The number of rotatable bonds is 7. The average Bonchev–Trinajstić information content (AvgIpc) is 3.54. The minimum absolute atomic E-state index is 0.122. The van der Waals surface area contributed by atoms with Crippen molar-refractivity contribution in [2.24, 2.45) is 0 Å². The second-order valence-corrected chi connectivity index (χ2v) is 9.28. The predicted octanol–water partition coefficient (Wildman–Crippen LogP) is 6.77. The lowest BCUT2D eigenvalue weighted by Gasteiger charge is -2.30. The molecule has 8 nitrogen and oxygen atoms in total. The minimum atomic E-state index is -4.62. The fraction of sp³-hybridized carbons (Fsp3) is 0.167. The molecule has 1 N–H and O–H groups in total. The van der Waals surface area contributed by atoms with Gasteiger partial charge in [0.15, 0.2) is 0 Å². The zero-order valence-electron chi connectivity index (χ0n) is 22.3. The summed E-state index contributed by atoms with van der Waals surface area (Å²) in [7, 11) is 1.35. The Morgan fingerprint density at radius 1 is 0.927 bits per heavy atom. The largest absolute Gasteiger partial charge is 0.418 e. The van der Waals surface area contributed by atoms with Crippen LogP contribution in [-0.4, -0.2) is 38.7 Å². The number of alkyl halides is 3. The minimum Gasteiger partial charge on any atom is -0.296 e. The lowest BCUT2D eigenvalue weighted by Crippen LogP contribution is -2.42. The number of nitrogens with one attached hydrogen (secondary N) is 1. The summed E-state index contributed by atoms with van der Waals surface area (Å²) in [6, 6.07) is 23.1. The summed E-state index contributed by atoms with van der Waals surface area (Å²) >= 11 is 0. The van der Waals surface area contributed by atoms with Crippen LogP contribution in [0, 0.1) is 0 Å². The molecule has 5 aromatic rings. The number of para-hydroxylation sites is 1. The third-order valence-electron chi connectivity index (χ3n) is 6.68. The summed E-state index contributed by atoms with van der Waals surface area (Å²) in [6.45, 7) is 2.06. The van der Waals surface area contributed by atoms with Crippen molar-refractivity contribution >= 4 is 17.4 Å². The van der Waals surface area contributed by atoms with Crippen LogP contribution in [0.5, 0.6) is 0 Å². The lowest BCUT2D eigenvalue weighted by molar-refractivity contribution is -0.137. The van der Waals surface area contributed by atoms with Crippen molar-refractivity contribution in [1.29, 1.82) is 0 Å². The van der Waals surface area contributed by atoms with Crippen LogP contribution in [0.1, 0.15) is 23.7 Å². The van der Waals surface area contributed by atoms with Crippen LogP contribution in [0.15, 0.2) is 91.1 Å². The van der Waals surface area contributed by atoms with Crippen LogP contribution < -0.4 is 9.80 Å². The summed E-state index contributed by atoms with van der Waals surface area (Å²) in [6.07, 6.45) is -2.39. The molecule has 2 heterocycles. The highest BCUT2D eigenvalue weighted by Crippen LogP contribution is 2.37. The molecule has 0 bridgehead atoms. The second-order valence-electron chi connectivity index (χ2n) is 9.28. The van der Waals surface area contributed by atoms with Gasteiger partial charge in [0, 0.05) is 30.2 Å². The van der Waals surface area contributed by atoms with Gasteiger partial charge in [0.25, 0.3) is 0 Å². The number of halogens is 3. The number of urea groups is 1. The number of tetrazole rings is 1. The van der Waals surface area contributed by atoms with Crippen LogP contribution >= 0.6 is 0 Å². The molecule has 11 heteroatoms. The summed E-state index contributed by atoms with van der Waals surface area (Å²) in [4.78, 5) is 20.6. The number of nitrogens with zero attached hydrogens (tertiary/aromatic N) is 6. The fourth-order valence-corrected chi connectivity index (χ4v) is 4.56. The van der Waals surface area contributed by atoms with Gasteiger partial charge in [-0.05, 0) is 52.6 Å². The van der Waals surface area contributed by atoms with Gasteiger partial charge < -0.3 is 0 Å². The number of pyridine rings is 1. The molecule has 5 rings (SSSR count). The van der Waals surface area contributed by atoms with Crippen molar-refractivity contribution < 1.29 is 18.0 Å². The zero-order valence-corrected chi connectivity index (χ0v) is 22.3. The molecule has 0 unspecified atom stereocenters. The molecule has 0 aliphatic heterocycles. The van der Waals surface area contributed by atoms with E-state index in [0.29, 0.717) is 17.9 Å². The number of amides is 2. The highest BCUT2D eigenvalue weighted by atomic mass is 19.4. The number of carbonyl (C=O) groups is 1. The Morgan fingerprint density at radius 2 is 1.63 bits per heavy atom. The first kappa shape index (κ1) is 27.5. The number of carbonyl (C=O) groups excluding carboxylic acids is 1. The monoisotopic (exact) mass is 557 g/mol. The molecular formula is C30H26F3N7O. The zero-order chi connectivity index (χ0) is 29.0. The Kier molecular flexibility index (Phi) is 7.77. The molecule has 0 fully saturated rings. The highest BCUT2D eigenvalue weighted by Gasteiger charge is 2.36. The standard InChI is InChI=1S/C30H26F3N7O/c1-3-22-18-23(16-17-34-22)40(29(41)39(2)27-11-7-6-10-26(27)30(31,32)33)19-20-12-14-21(15-13-20)24-8-4-5-9-25(24)28-35-37-38-36-28/h4-18H,3,19H2,1-2H3,(H,35,36,37,38). The topological polar surface area (TPSA) is 90.9 Å². The van der Waals surface area contributed by atoms with E-state index in [1.165, 1.54) is 30.1 Å². The maximum atomic E-state index is 13.8. The number of hydrogen-bond acceptors (Lipinski definition) is 5. The van der Waals surface area contributed by atoms with Crippen LogP contribution in [0.25, 0.3) is 22.5 Å². The molecule has 41 heavy (non-hydrogen) atoms. The predicted molar refractivity (Wildman–Crippen MR) is 150 cm³/mol. The van der Waals surface area contributed by atoms with E-state index in [1.54, 1.807) is 18.3 Å². The van der Waals surface area contributed by atoms with Gasteiger partial charge in [-0.2, -0.15) is 18.4 Å². The van der Waals surface area contributed by atoms with E-state index in [0.717, 1.165) is 38.9 Å². The Balaban J connectivity index is 1.48. The summed E-state index contributed by atoms with van der Waals surface area (Å²) in [5, 5.41) is 14.3. The smallest absolute Gasteiger partial charge is 0.296 e.